The minimum absolute atomic E-state index is 0.0970. The van der Waals surface area contributed by atoms with Crippen LogP contribution in [0.25, 0.3) is 0 Å². The Morgan fingerprint density at radius 3 is 2.90 bits per heavy atom. The lowest BCUT2D eigenvalue weighted by Gasteiger charge is -2.35. The Hall–Kier alpha value is -0.610. The summed E-state index contributed by atoms with van der Waals surface area (Å²) in [6, 6.07) is 0. The van der Waals surface area contributed by atoms with E-state index >= 15 is 0 Å². The molecular weight excluding hydrogens is 264 g/mol. The maximum Gasteiger partial charge on any atom is 0.220 e. The molecule has 3 N–H and O–H groups in total. The molecule has 4 atom stereocenters. The molecule has 2 rings (SSSR count). The average molecular weight is 296 g/mol. The number of nitrogens with one attached hydrogen (secondary N) is 2. The molecule has 4 nitrogen and oxygen atoms in total. The molecule has 122 valence electrons. The van der Waals surface area contributed by atoms with Crippen LogP contribution in [0.5, 0.6) is 0 Å². The van der Waals surface area contributed by atoms with Gasteiger partial charge < -0.3 is 15.7 Å². The van der Waals surface area contributed by atoms with Gasteiger partial charge in [0.15, 0.2) is 0 Å². The second kappa shape index (κ2) is 7.59. The summed E-state index contributed by atoms with van der Waals surface area (Å²) in [5, 5.41) is 16.9. The second-order valence-corrected chi connectivity index (χ2v) is 7.49. The molecule has 1 heterocycles. The van der Waals surface area contributed by atoms with E-state index in [1.807, 2.05) is 0 Å². The van der Waals surface area contributed by atoms with Crippen LogP contribution >= 0.6 is 0 Å². The Kier molecular flexibility index (Phi) is 6.06. The molecule has 0 aromatic carbocycles. The predicted molar refractivity (Wildman–Crippen MR) is 85.0 cm³/mol. The number of aliphatic hydroxyl groups is 1. The minimum Gasteiger partial charge on any atom is -0.388 e. The maximum atomic E-state index is 12.1. The maximum absolute atomic E-state index is 12.1. The number of hydrogen-bond donors (Lipinski definition) is 3. The molecule has 0 bridgehead atoms. The highest BCUT2D eigenvalue weighted by Crippen LogP contribution is 2.31. The molecule has 1 aliphatic carbocycles. The van der Waals surface area contributed by atoms with E-state index in [4.69, 9.17) is 0 Å². The molecule has 0 aromatic rings. The Labute approximate surface area is 129 Å². The van der Waals surface area contributed by atoms with Crippen molar-refractivity contribution in [2.24, 2.45) is 17.8 Å². The molecular formula is C17H32N2O2. The summed E-state index contributed by atoms with van der Waals surface area (Å²) in [5.41, 5.74) is -0.678. The van der Waals surface area contributed by atoms with Gasteiger partial charge in [-0.1, -0.05) is 26.7 Å². The van der Waals surface area contributed by atoms with E-state index in [1.54, 1.807) is 0 Å². The topological polar surface area (TPSA) is 61.4 Å². The number of carbonyl (C=O) groups is 1. The summed E-state index contributed by atoms with van der Waals surface area (Å²) < 4.78 is 0. The predicted octanol–water partition coefficient (Wildman–Crippen LogP) is 2.07. The van der Waals surface area contributed by atoms with E-state index in [0.717, 1.165) is 32.4 Å². The summed E-state index contributed by atoms with van der Waals surface area (Å²) in [6.07, 6.45) is 6.92. The normalized spacial score (nSPS) is 35.2. The van der Waals surface area contributed by atoms with Crippen molar-refractivity contribution in [2.45, 2.75) is 64.4 Å². The van der Waals surface area contributed by atoms with Crippen LogP contribution in [0.3, 0.4) is 0 Å². The lowest BCUT2D eigenvalue weighted by Crippen LogP contribution is -2.46. The lowest BCUT2D eigenvalue weighted by molar-refractivity contribution is -0.124. The van der Waals surface area contributed by atoms with Crippen molar-refractivity contribution in [3.8, 4) is 0 Å². The van der Waals surface area contributed by atoms with Gasteiger partial charge in [0.2, 0.25) is 5.91 Å². The van der Waals surface area contributed by atoms with Gasteiger partial charge in [0.1, 0.15) is 0 Å². The van der Waals surface area contributed by atoms with Crippen LogP contribution in [0, 0.1) is 17.8 Å². The van der Waals surface area contributed by atoms with E-state index in [0.29, 0.717) is 30.7 Å². The quantitative estimate of drug-likeness (QED) is 0.728. The standard InChI is InChI=1S/C17H32N2O2/c1-13-5-3-7-17(21,10-13)12-19-16(20)9-14(2)15-6-4-8-18-11-15/h13-15,18,21H,3-12H2,1-2H3,(H,19,20). The fraction of sp³-hybridized carbons (Fsp3) is 0.941. The number of rotatable bonds is 5. The molecule has 0 aromatic heterocycles. The largest absolute Gasteiger partial charge is 0.388 e. The molecule has 1 aliphatic heterocycles. The van der Waals surface area contributed by atoms with E-state index in [9.17, 15) is 9.90 Å². The molecule has 0 spiro atoms. The van der Waals surface area contributed by atoms with Gasteiger partial charge in [0.25, 0.3) is 0 Å². The minimum atomic E-state index is -0.678. The fourth-order valence-electron chi connectivity index (χ4n) is 3.95. The Balaban J connectivity index is 1.71. The first-order valence-corrected chi connectivity index (χ1v) is 8.68. The van der Waals surface area contributed by atoms with Gasteiger partial charge in [0, 0.05) is 13.0 Å². The highest BCUT2D eigenvalue weighted by molar-refractivity contribution is 5.76. The van der Waals surface area contributed by atoms with Gasteiger partial charge in [-0.05, 0) is 56.5 Å². The summed E-state index contributed by atoms with van der Waals surface area (Å²) in [6.45, 7) is 6.93. The van der Waals surface area contributed by atoms with Gasteiger partial charge in [-0.3, -0.25) is 4.79 Å². The van der Waals surface area contributed by atoms with Gasteiger partial charge in [-0.25, -0.2) is 0 Å². The summed E-state index contributed by atoms with van der Waals surface area (Å²) in [4.78, 5) is 12.1. The van der Waals surface area contributed by atoms with Crippen molar-refractivity contribution in [3.05, 3.63) is 0 Å². The zero-order chi connectivity index (χ0) is 15.3. The van der Waals surface area contributed by atoms with Crippen LogP contribution in [0.2, 0.25) is 0 Å². The van der Waals surface area contributed by atoms with Crippen molar-refractivity contribution >= 4 is 5.91 Å². The zero-order valence-corrected chi connectivity index (χ0v) is 13.7. The van der Waals surface area contributed by atoms with Crippen LogP contribution in [-0.2, 0) is 4.79 Å². The number of amides is 1. The first-order valence-electron chi connectivity index (χ1n) is 8.68. The van der Waals surface area contributed by atoms with Crippen molar-refractivity contribution in [2.75, 3.05) is 19.6 Å². The van der Waals surface area contributed by atoms with E-state index in [2.05, 4.69) is 24.5 Å². The molecule has 4 heteroatoms. The number of piperidine rings is 1. The smallest absolute Gasteiger partial charge is 0.220 e. The monoisotopic (exact) mass is 296 g/mol. The van der Waals surface area contributed by atoms with E-state index < -0.39 is 5.60 Å². The first kappa shape index (κ1) is 16.8. The molecule has 2 fully saturated rings. The first-order chi connectivity index (χ1) is 9.98. The Bertz CT molecular complexity index is 342. The van der Waals surface area contributed by atoms with Gasteiger partial charge >= 0.3 is 0 Å². The van der Waals surface area contributed by atoms with Gasteiger partial charge in [-0.2, -0.15) is 0 Å². The molecule has 4 unspecified atom stereocenters. The van der Waals surface area contributed by atoms with E-state index in [-0.39, 0.29) is 5.91 Å². The van der Waals surface area contributed by atoms with Crippen molar-refractivity contribution < 1.29 is 9.90 Å². The van der Waals surface area contributed by atoms with Gasteiger partial charge in [-0.15, -0.1) is 0 Å². The molecule has 1 saturated carbocycles. The highest BCUT2D eigenvalue weighted by Gasteiger charge is 2.33. The Morgan fingerprint density at radius 2 is 2.24 bits per heavy atom. The molecule has 2 aliphatic rings. The van der Waals surface area contributed by atoms with Crippen LogP contribution in [0.4, 0.5) is 0 Å². The van der Waals surface area contributed by atoms with Crippen LogP contribution in [-0.4, -0.2) is 36.2 Å². The number of hydrogen-bond acceptors (Lipinski definition) is 3. The second-order valence-electron chi connectivity index (χ2n) is 7.49. The van der Waals surface area contributed by atoms with E-state index in [1.165, 1.54) is 19.3 Å². The summed E-state index contributed by atoms with van der Waals surface area (Å²) in [7, 11) is 0. The average Bonchev–Trinajstić information content (AvgIpc) is 2.46. The van der Waals surface area contributed by atoms with Gasteiger partial charge in [0.05, 0.1) is 5.60 Å². The summed E-state index contributed by atoms with van der Waals surface area (Å²) in [5.74, 6) is 1.69. The summed E-state index contributed by atoms with van der Waals surface area (Å²) >= 11 is 0. The fourth-order valence-corrected chi connectivity index (χ4v) is 3.95. The Morgan fingerprint density at radius 1 is 1.43 bits per heavy atom. The van der Waals surface area contributed by atoms with Crippen molar-refractivity contribution in [1.29, 1.82) is 0 Å². The third-order valence-electron chi connectivity index (χ3n) is 5.33. The number of carbonyl (C=O) groups excluding carboxylic acids is 1. The van der Waals surface area contributed by atoms with Crippen LogP contribution < -0.4 is 10.6 Å². The third-order valence-corrected chi connectivity index (χ3v) is 5.33. The molecule has 1 saturated heterocycles. The lowest BCUT2D eigenvalue weighted by atomic mass is 9.79. The molecule has 0 radical (unpaired) electrons. The van der Waals surface area contributed by atoms with Crippen LogP contribution in [0.15, 0.2) is 0 Å². The van der Waals surface area contributed by atoms with Crippen molar-refractivity contribution in [1.82, 2.24) is 10.6 Å². The van der Waals surface area contributed by atoms with Crippen LogP contribution in [0.1, 0.15) is 58.8 Å². The third kappa shape index (κ3) is 5.26. The SMILES string of the molecule is CC1CCCC(O)(CNC(=O)CC(C)C2CCCNC2)C1. The molecule has 1 amide bonds. The van der Waals surface area contributed by atoms with Crippen molar-refractivity contribution in [3.63, 3.8) is 0 Å². The highest BCUT2D eigenvalue weighted by atomic mass is 16.3. The zero-order valence-electron chi connectivity index (χ0n) is 13.7. The molecule has 21 heavy (non-hydrogen) atoms.